The lowest BCUT2D eigenvalue weighted by molar-refractivity contribution is 0.0948. The van der Waals surface area contributed by atoms with Crippen molar-refractivity contribution in [2.24, 2.45) is 7.05 Å². The fourth-order valence-corrected chi connectivity index (χ4v) is 3.84. The van der Waals surface area contributed by atoms with Gasteiger partial charge in [0.1, 0.15) is 0 Å². The molecule has 1 aromatic heterocycles. The minimum Gasteiger partial charge on any atom is -0.493 e. The zero-order valence-corrected chi connectivity index (χ0v) is 18.5. The summed E-state index contributed by atoms with van der Waals surface area (Å²) in [4.78, 5) is 12.6. The van der Waals surface area contributed by atoms with Gasteiger partial charge in [-0.05, 0) is 62.1 Å². The number of amides is 1. The van der Waals surface area contributed by atoms with Crippen LogP contribution in [-0.4, -0.2) is 36.5 Å². The van der Waals surface area contributed by atoms with E-state index in [9.17, 15) is 4.79 Å². The Balaban J connectivity index is 1.70. The number of rotatable bonds is 7. The van der Waals surface area contributed by atoms with E-state index in [4.69, 9.17) is 9.47 Å². The average molecular weight is 408 g/mol. The average Bonchev–Trinajstić information content (AvgIpc) is 3.08. The zero-order valence-electron chi connectivity index (χ0n) is 18.5. The van der Waals surface area contributed by atoms with E-state index in [1.807, 2.05) is 31.3 Å². The van der Waals surface area contributed by atoms with Gasteiger partial charge < -0.3 is 14.8 Å². The van der Waals surface area contributed by atoms with Crippen molar-refractivity contribution in [1.29, 1.82) is 0 Å². The van der Waals surface area contributed by atoms with Crippen molar-refractivity contribution in [2.75, 3.05) is 20.8 Å². The number of hydrogen-bond donors (Lipinski definition) is 1. The molecule has 0 saturated carbocycles. The van der Waals surface area contributed by atoms with E-state index in [1.54, 1.807) is 18.9 Å². The Kier molecular flexibility index (Phi) is 6.45. The summed E-state index contributed by atoms with van der Waals surface area (Å²) >= 11 is 0. The minimum atomic E-state index is -0.181. The van der Waals surface area contributed by atoms with Crippen LogP contribution in [0.5, 0.6) is 11.5 Å². The van der Waals surface area contributed by atoms with Crippen LogP contribution < -0.4 is 14.8 Å². The maximum absolute atomic E-state index is 12.6. The predicted octanol–water partition coefficient (Wildman–Crippen LogP) is 4.00. The molecule has 1 amide bonds. The van der Waals surface area contributed by atoms with Gasteiger partial charge >= 0.3 is 0 Å². The van der Waals surface area contributed by atoms with Crippen molar-refractivity contribution in [3.8, 4) is 22.8 Å². The van der Waals surface area contributed by atoms with Crippen LogP contribution in [-0.2, 0) is 13.5 Å². The molecule has 0 bridgehead atoms. The fourth-order valence-electron chi connectivity index (χ4n) is 3.84. The highest BCUT2D eigenvalue weighted by Crippen LogP contribution is 2.29. The summed E-state index contributed by atoms with van der Waals surface area (Å²) < 4.78 is 12.4. The molecule has 0 radical (unpaired) electrons. The van der Waals surface area contributed by atoms with E-state index in [2.05, 4.69) is 43.3 Å². The topological polar surface area (TPSA) is 65.4 Å². The molecule has 158 valence electrons. The van der Waals surface area contributed by atoms with Gasteiger partial charge in [-0.25, -0.2) is 0 Å². The summed E-state index contributed by atoms with van der Waals surface area (Å²) in [6.07, 6.45) is 0.683. The van der Waals surface area contributed by atoms with Crippen molar-refractivity contribution in [1.82, 2.24) is 15.1 Å². The van der Waals surface area contributed by atoms with Crippen molar-refractivity contribution in [3.63, 3.8) is 0 Å². The molecule has 6 nitrogen and oxygen atoms in total. The molecule has 0 atom stereocenters. The molecular formula is C24H29N3O3. The summed E-state index contributed by atoms with van der Waals surface area (Å²) in [5.41, 5.74) is 7.12. The molecule has 1 heterocycles. The van der Waals surface area contributed by atoms with Crippen LogP contribution in [0.25, 0.3) is 11.3 Å². The van der Waals surface area contributed by atoms with E-state index < -0.39 is 0 Å². The van der Waals surface area contributed by atoms with Gasteiger partial charge in [-0.2, -0.15) is 5.10 Å². The Morgan fingerprint density at radius 1 is 1.00 bits per heavy atom. The van der Waals surface area contributed by atoms with E-state index in [1.165, 1.54) is 16.7 Å². The van der Waals surface area contributed by atoms with Gasteiger partial charge in [-0.15, -0.1) is 0 Å². The molecular weight excluding hydrogens is 378 g/mol. The number of aryl methyl sites for hydroxylation is 4. The standard InChI is InChI=1S/C24H29N3O3/c1-15-11-16(2)23(17(3)12-15)20-14-19(26-27(20)4)24(28)25-10-9-18-7-8-21(29-5)22(13-18)30-6/h7-8,11-14H,9-10H2,1-6H3,(H,25,28). The van der Waals surface area contributed by atoms with Gasteiger partial charge in [-0.3, -0.25) is 9.48 Å². The second-order valence-corrected chi connectivity index (χ2v) is 7.51. The van der Waals surface area contributed by atoms with Crippen molar-refractivity contribution in [2.45, 2.75) is 27.2 Å². The zero-order chi connectivity index (χ0) is 21.8. The summed E-state index contributed by atoms with van der Waals surface area (Å²) in [6, 6.07) is 11.9. The van der Waals surface area contributed by atoms with Gasteiger partial charge in [0.05, 0.1) is 19.9 Å². The van der Waals surface area contributed by atoms with Crippen molar-refractivity contribution < 1.29 is 14.3 Å². The monoisotopic (exact) mass is 407 g/mol. The number of benzene rings is 2. The first kappa shape index (κ1) is 21.4. The highest BCUT2D eigenvalue weighted by atomic mass is 16.5. The second-order valence-electron chi connectivity index (χ2n) is 7.51. The number of carbonyl (C=O) groups excluding carboxylic acids is 1. The van der Waals surface area contributed by atoms with Gasteiger partial charge in [0.25, 0.3) is 5.91 Å². The first-order chi connectivity index (χ1) is 14.3. The fraction of sp³-hybridized carbons (Fsp3) is 0.333. The van der Waals surface area contributed by atoms with E-state index in [-0.39, 0.29) is 5.91 Å². The third kappa shape index (κ3) is 4.48. The number of carbonyl (C=O) groups is 1. The summed E-state index contributed by atoms with van der Waals surface area (Å²) in [6.45, 7) is 6.77. The highest BCUT2D eigenvalue weighted by molar-refractivity contribution is 5.93. The second kappa shape index (κ2) is 9.03. The molecule has 0 aliphatic heterocycles. The number of ether oxygens (including phenoxy) is 2. The van der Waals surface area contributed by atoms with Crippen LogP contribution in [0.3, 0.4) is 0 Å². The third-order valence-electron chi connectivity index (χ3n) is 5.19. The van der Waals surface area contributed by atoms with E-state index in [0.29, 0.717) is 30.2 Å². The molecule has 2 aromatic carbocycles. The minimum absolute atomic E-state index is 0.181. The summed E-state index contributed by atoms with van der Waals surface area (Å²) in [5.74, 6) is 1.19. The maximum Gasteiger partial charge on any atom is 0.271 e. The van der Waals surface area contributed by atoms with Crippen LogP contribution in [0.15, 0.2) is 36.4 Å². The number of nitrogens with zero attached hydrogens (tertiary/aromatic N) is 2. The largest absolute Gasteiger partial charge is 0.493 e. The number of hydrogen-bond acceptors (Lipinski definition) is 4. The molecule has 0 aliphatic rings. The molecule has 3 aromatic rings. The summed E-state index contributed by atoms with van der Waals surface area (Å²) in [5, 5.41) is 7.39. The summed E-state index contributed by atoms with van der Waals surface area (Å²) in [7, 11) is 5.09. The first-order valence-corrected chi connectivity index (χ1v) is 9.95. The molecule has 0 spiro atoms. The number of aromatic nitrogens is 2. The van der Waals surface area contributed by atoms with Crippen LogP contribution in [0.2, 0.25) is 0 Å². The smallest absolute Gasteiger partial charge is 0.271 e. The Labute approximate surface area is 177 Å². The SMILES string of the molecule is COc1ccc(CCNC(=O)c2cc(-c3c(C)cc(C)cc3C)n(C)n2)cc1OC. The Hall–Kier alpha value is -3.28. The van der Waals surface area contributed by atoms with Gasteiger partial charge in [0, 0.05) is 19.2 Å². The van der Waals surface area contributed by atoms with Crippen molar-refractivity contribution in [3.05, 3.63) is 64.3 Å². The van der Waals surface area contributed by atoms with Gasteiger partial charge in [0.15, 0.2) is 17.2 Å². The van der Waals surface area contributed by atoms with Gasteiger partial charge in [-0.1, -0.05) is 23.8 Å². The lowest BCUT2D eigenvalue weighted by atomic mass is 9.97. The Morgan fingerprint density at radius 3 is 2.30 bits per heavy atom. The van der Waals surface area contributed by atoms with E-state index in [0.717, 1.165) is 16.8 Å². The van der Waals surface area contributed by atoms with Crippen molar-refractivity contribution >= 4 is 5.91 Å². The Morgan fingerprint density at radius 2 is 1.67 bits per heavy atom. The molecule has 3 rings (SSSR count). The number of nitrogens with one attached hydrogen (secondary N) is 1. The van der Waals surface area contributed by atoms with Crippen LogP contribution >= 0.6 is 0 Å². The molecule has 0 saturated heterocycles. The third-order valence-corrected chi connectivity index (χ3v) is 5.19. The predicted molar refractivity (Wildman–Crippen MR) is 118 cm³/mol. The lowest BCUT2D eigenvalue weighted by Crippen LogP contribution is -2.26. The number of methoxy groups -OCH3 is 2. The maximum atomic E-state index is 12.6. The quantitative estimate of drug-likeness (QED) is 0.643. The van der Waals surface area contributed by atoms with Gasteiger partial charge in [0.2, 0.25) is 0 Å². The molecule has 1 N–H and O–H groups in total. The normalized spacial score (nSPS) is 10.7. The molecule has 30 heavy (non-hydrogen) atoms. The van der Waals surface area contributed by atoms with Crippen LogP contribution in [0.1, 0.15) is 32.7 Å². The lowest BCUT2D eigenvalue weighted by Gasteiger charge is -2.11. The van der Waals surface area contributed by atoms with E-state index >= 15 is 0 Å². The highest BCUT2D eigenvalue weighted by Gasteiger charge is 2.16. The Bertz CT molecular complexity index is 1050. The molecule has 0 aliphatic carbocycles. The molecule has 0 unspecified atom stereocenters. The first-order valence-electron chi connectivity index (χ1n) is 9.95. The molecule has 0 fully saturated rings. The van der Waals surface area contributed by atoms with Crippen LogP contribution in [0.4, 0.5) is 0 Å². The molecule has 6 heteroatoms. The van der Waals surface area contributed by atoms with Crippen LogP contribution in [0, 0.1) is 20.8 Å².